The van der Waals surface area contributed by atoms with Crippen LogP contribution in [-0.2, 0) is 4.79 Å². The Morgan fingerprint density at radius 3 is 2.24 bits per heavy atom. The smallest absolute Gasteiger partial charge is 0.262 e. The van der Waals surface area contributed by atoms with E-state index in [9.17, 15) is 4.79 Å². The number of carbonyl (C=O) groups is 1. The molecule has 3 rings (SSSR count). The molecule has 150 valence electrons. The van der Waals surface area contributed by atoms with E-state index in [1.807, 2.05) is 57.2 Å². The number of aryl methyl sites for hydroxylation is 2. The number of anilines is 3. The van der Waals surface area contributed by atoms with Crippen molar-refractivity contribution < 1.29 is 14.3 Å². The van der Waals surface area contributed by atoms with Gasteiger partial charge in [0.15, 0.2) is 18.1 Å². The van der Waals surface area contributed by atoms with Gasteiger partial charge in [0.25, 0.3) is 5.91 Å². The molecule has 0 fully saturated rings. The van der Waals surface area contributed by atoms with Crippen LogP contribution >= 0.6 is 0 Å². The van der Waals surface area contributed by atoms with Gasteiger partial charge in [-0.25, -0.2) is 9.97 Å². The third-order valence-electron chi connectivity index (χ3n) is 3.89. The van der Waals surface area contributed by atoms with E-state index in [0.717, 1.165) is 17.1 Å². The zero-order valence-corrected chi connectivity index (χ0v) is 16.7. The van der Waals surface area contributed by atoms with E-state index in [4.69, 9.17) is 9.47 Å². The molecule has 0 aliphatic carbocycles. The predicted octanol–water partition coefficient (Wildman–Crippen LogP) is 4.25. The van der Waals surface area contributed by atoms with Crippen LogP contribution in [0.1, 0.15) is 18.3 Å². The van der Waals surface area contributed by atoms with E-state index in [1.54, 1.807) is 18.2 Å². The summed E-state index contributed by atoms with van der Waals surface area (Å²) < 4.78 is 11.1. The zero-order valence-electron chi connectivity index (χ0n) is 16.7. The summed E-state index contributed by atoms with van der Waals surface area (Å²) in [5.74, 6) is 1.40. The third kappa shape index (κ3) is 5.93. The van der Waals surface area contributed by atoms with Gasteiger partial charge >= 0.3 is 0 Å². The van der Waals surface area contributed by atoms with Crippen LogP contribution in [0.5, 0.6) is 11.5 Å². The second kappa shape index (κ2) is 9.54. The first-order chi connectivity index (χ1) is 14.0. The number of rotatable bonds is 8. The lowest BCUT2D eigenvalue weighted by molar-refractivity contribution is -0.118. The highest BCUT2D eigenvalue weighted by atomic mass is 16.5. The standard InChI is InChI=1S/C22H24N4O3/c1-4-28-19-10-5-6-11-20(19)29-14-21(27)25-17-8-7-9-18(13-17)26-22-23-15(2)12-16(3)24-22/h5-13H,4,14H2,1-3H3,(H,25,27)(H,23,24,26). The Balaban J connectivity index is 1.60. The lowest BCUT2D eigenvalue weighted by Crippen LogP contribution is -2.20. The number of hydrogen-bond donors (Lipinski definition) is 2. The SMILES string of the molecule is CCOc1ccccc1OCC(=O)Nc1cccc(Nc2nc(C)cc(C)n2)c1. The number of nitrogens with zero attached hydrogens (tertiary/aromatic N) is 2. The van der Waals surface area contributed by atoms with E-state index in [-0.39, 0.29) is 12.5 Å². The summed E-state index contributed by atoms with van der Waals surface area (Å²) in [6.07, 6.45) is 0. The normalized spacial score (nSPS) is 10.3. The van der Waals surface area contributed by atoms with Crippen molar-refractivity contribution in [3.63, 3.8) is 0 Å². The quantitative estimate of drug-likeness (QED) is 0.596. The predicted molar refractivity (Wildman–Crippen MR) is 113 cm³/mol. The number of aromatic nitrogens is 2. The first-order valence-corrected chi connectivity index (χ1v) is 9.37. The van der Waals surface area contributed by atoms with Crippen molar-refractivity contribution in [2.75, 3.05) is 23.8 Å². The Morgan fingerprint density at radius 2 is 1.55 bits per heavy atom. The number of amides is 1. The van der Waals surface area contributed by atoms with Crippen molar-refractivity contribution in [1.29, 1.82) is 0 Å². The van der Waals surface area contributed by atoms with Gasteiger partial charge in [-0.05, 0) is 57.2 Å². The van der Waals surface area contributed by atoms with Crippen LogP contribution in [0.2, 0.25) is 0 Å². The fraction of sp³-hybridized carbons (Fsp3) is 0.227. The highest BCUT2D eigenvalue weighted by molar-refractivity contribution is 5.92. The summed E-state index contributed by atoms with van der Waals surface area (Å²) in [5.41, 5.74) is 3.18. The average molecular weight is 392 g/mol. The summed E-state index contributed by atoms with van der Waals surface area (Å²) >= 11 is 0. The maximum Gasteiger partial charge on any atom is 0.262 e. The summed E-state index contributed by atoms with van der Waals surface area (Å²) in [6.45, 7) is 6.13. The molecule has 0 aliphatic heterocycles. The lowest BCUT2D eigenvalue weighted by atomic mass is 10.2. The molecule has 2 aromatic carbocycles. The molecule has 1 heterocycles. The van der Waals surface area contributed by atoms with E-state index < -0.39 is 0 Å². The molecular weight excluding hydrogens is 368 g/mol. The van der Waals surface area contributed by atoms with E-state index in [2.05, 4.69) is 20.6 Å². The molecule has 0 spiro atoms. The first-order valence-electron chi connectivity index (χ1n) is 9.37. The van der Waals surface area contributed by atoms with Crippen molar-refractivity contribution in [2.24, 2.45) is 0 Å². The van der Waals surface area contributed by atoms with Crippen molar-refractivity contribution in [2.45, 2.75) is 20.8 Å². The van der Waals surface area contributed by atoms with E-state index >= 15 is 0 Å². The number of nitrogens with one attached hydrogen (secondary N) is 2. The molecule has 0 saturated carbocycles. The minimum absolute atomic E-state index is 0.123. The molecule has 0 bridgehead atoms. The van der Waals surface area contributed by atoms with Gasteiger partial charge < -0.3 is 20.1 Å². The molecule has 1 amide bonds. The van der Waals surface area contributed by atoms with Crippen LogP contribution in [-0.4, -0.2) is 29.1 Å². The molecule has 2 N–H and O–H groups in total. The highest BCUT2D eigenvalue weighted by Crippen LogP contribution is 2.26. The van der Waals surface area contributed by atoms with Gasteiger partial charge in [-0.1, -0.05) is 18.2 Å². The molecule has 3 aromatic rings. The number of ether oxygens (including phenoxy) is 2. The molecular formula is C22H24N4O3. The number of hydrogen-bond acceptors (Lipinski definition) is 6. The zero-order chi connectivity index (χ0) is 20.6. The Hall–Kier alpha value is -3.61. The third-order valence-corrected chi connectivity index (χ3v) is 3.89. The van der Waals surface area contributed by atoms with E-state index in [1.165, 1.54) is 0 Å². The summed E-state index contributed by atoms with van der Waals surface area (Å²) in [7, 11) is 0. The van der Waals surface area contributed by atoms with Crippen LogP contribution in [0.3, 0.4) is 0 Å². The van der Waals surface area contributed by atoms with Gasteiger partial charge in [0.05, 0.1) is 6.61 Å². The van der Waals surface area contributed by atoms with Crippen LogP contribution in [0.25, 0.3) is 0 Å². The van der Waals surface area contributed by atoms with E-state index in [0.29, 0.717) is 29.7 Å². The fourth-order valence-corrected chi connectivity index (χ4v) is 2.77. The largest absolute Gasteiger partial charge is 0.490 e. The average Bonchev–Trinajstić information content (AvgIpc) is 2.67. The van der Waals surface area contributed by atoms with Gasteiger partial charge in [-0.3, -0.25) is 4.79 Å². The molecule has 7 heteroatoms. The highest BCUT2D eigenvalue weighted by Gasteiger charge is 2.08. The topological polar surface area (TPSA) is 85.4 Å². The minimum atomic E-state index is -0.267. The summed E-state index contributed by atoms with van der Waals surface area (Å²) in [5, 5.41) is 5.98. The first kappa shape index (κ1) is 20.1. The van der Waals surface area contributed by atoms with Crippen LogP contribution < -0.4 is 20.1 Å². The van der Waals surface area contributed by atoms with Gasteiger partial charge in [-0.15, -0.1) is 0 Å². The molecule has 1 aromatic heterocycles. The van der Waals surface area contributed by atoms with Gasteiger partial charge in [-0.2, -0.15) is 0 Å². The maximum atomic E-state index is 12.3. The Morgan fingerprint density at radius 1 is 0.897 bits per heavy atom. The van der Waals surface area contributed by atoms with Gasteiger partial charge in [0.2, 0.25) is 5.95 Å². The second-order valence-electron chi connectivity index (χ2n) is 6.40. The molecule has 0 atom stereocenters. The van der Waals surface area contributed by atoms with Crippen molar-refractivity contribution >= 4 is 23.2 Å². The van der Waals surface area contributed by atoms with Gasteiger partial charge in [0.1, 0.15) is 0 Å². The van der Waals surface area contributed by atoms with Crippen molar-refractivity contribution in [1.82, 2.24) is 9.97 Å². The Labute approximate surface area is 170 Å². The Bertz CT molecular complexity index is 971. The molecule has 0 unspecified atom stereocenters. The van der Waals surface area contributed by atoms with Gasteiger partial charge in [0, 0.05) is 22.8 Å². The molecule has 0 saturated heterocycles. The molecule has 29 heavy (non-hydrogen) atoms. The van der Waals surface area contributed by atoms with Crippen molar-refractivity contribution in [3.8, 4) is 11.5 Å². The number of carbonyl (C=O) groups excluding carboxylic acids is 1. The Kier molecular flexibility index (Phi) is 6.63. The summed E-state index contributed by atoms with van der Waals surface area (Å²) in [6, 6.07) is 16.5. The molecule has 0 radical (unpaired) electrons. The van der Waals surface area contributed by atoms with Crippen LogP contribution in [0.4, 0.5) is 17.3 Å². The number of para-hydroxylation sites is 2. The minimum Gasteiger partial charge on any atom is -0.490 e. The second-order valence-corrected chi connectivity index (χ2v) is 6.40. The molecule has 0 aliphatic rings. The number of benzene rings is 2. The van der Waals surface area contributed by atoms with Crippen LogP contribution in [0, 0.1) is 13.8 Å². The van der Waals surface area contributed by atoms with Crippen molar-refractivity contribution in [3.05, 3.63) is 66.0 Å². The van der Waals surface area contributed by atoms with Crippen LogP contribution in [0.15, 0.2) is 54.6 Å². The lowest BCUT2D eigenvalue weighted by Gasteiger charge is -2.12. The monoisotopic (exact) mass is 392 g/mol. The molecule has 7 nitrogen and oxygen atoms in total. The fourth-order valence-electron chi connectivity index (χ4n) is 2.77. The maximum absolute atomic E-state index is 12.3. The summed E-state index contributed by atoms with van der Waals surface area (Å²) in [4.78, 5) is 21.0.